The maximum atomic E-state index is 13.4. The number of aromatic nitrogens is 3. The summed E-state index contributed by atoms with van der Waals surface area (Å²) in [5, 5.41) is 0. The maximum absolute atomic E-state index is 13.4. The van der Waals surface area contributed by atoms with Crippen molar-refractivity contribution in [1.29, 1.82) is 0 Å². The second kappa shape index (κ2) is 7.36. The minimum absolute atomic E-state index is 0.357. The predicted octanol–water partition coefficient (Wildman–Crippen LogP) is 2.12. The van der Waals surface area contributed by atoms with Crippen LogP contribution in [0, 0.1) is 0 Å². The standard InChI is InChI=1S/C22H18N4O2/c1-23-26-20(17-11-5-2-6-12-17)21(27)24(18-13-7-3-8-14-18)22(28)25(26)19-15-9-4-10-16-19/h2-16H,1H3/p+1. The minimum atomic E-state index is -0.462. The molecule has 138 valence electrons. The third-order valence-corrected chi connectivity index (χ3v) is 4.46. The summed E-state index contributed by atoms with van der Waals surface area (Å²) in [5.74, 6) is 0. The molecule has 0 aliphatic carbocycles. The van der Waals surface area contributed by atoms with E-state index in [0.29, 0.717) is 22.6 Å². The van der Waals surface area contributed by atoms with Crippen molar-refractivity contribution in [2.75, 3.05) is 12.5 Å². The highest BCUT2D eigenvalue weighted by Crippen LogP contribution is 2.12. The molecule has 3 aromatic carbocycles. The fourth-order valence-electron chi connectivity index (χ4n) is 3.22. The molecule has 0 fully saturated rings. The van der Waals surface area contributed by atoms with E-state index >= 15 is 0 Å². The van der Waals surface area contributed by atoms with E-state index in [1.54, 1.807) is 31.3 Å². The molecule has 0 amide bonds. The highest BCUT2D eigenvalue weighted by atomic mass is 16.2. The molecule has 4 rings (SSSR count). The Morgan fingerprint density at radius 3 is 1.75 bits per heavy atom. The smallest absolute Gasteiger partial charge is 0.261 e. The molecular weight excluding hydrogens is 352 g/mol. The summed E-state index contributed by atoms with van der Waals surface area (Å²) in [6.07, 6.45) is 0. The number of nitrogens with zero attached hydrogens (tertiary/aromatic N) is 3. The van der Waals surface area contributed by atoms with Gasteiger partial charge in [-0.1, -0.05) is 54.6 Å². The molecule has 1 aromatic heterocycles. The van der Waals surface area contributed by atoms with Gasteiger partial charge in [-0.25, -0.2) is 9.36 Å². The van der Waals surface area contributed by atoms with Crippen LogP contribution in [-0.4, -0.2) is 16.3 Å². The second-order valence-electron chi connectivity index (χ2n) is 6.16. The molecule has 1 heterocycles. The molecule has 0 aliphatic rings. The van der Waals surface area contributed by atoms with Crippen LogP contribution in [0.15, 0.2) is 101 Å². The Morgan fingerprint density at radius 2 is 1.21 bits per heavy atom. The average molecular weight is 371 g/mol. The molecule has 0 atom stereocenters. The van der Waals surface area contributed by atoms with Gasteiger partial charge in [0.1, 0.15) is 5.69 Å². The van der Waals surface area contributed by atoms with Gasteiger partial charge in [0.05, 0.1) is 18.3 Å². The monoisotopic (exact) mass is 371 g/mol. The van der Waals surface area contributed by atoms with Gasteiger partial charge < -0.3 is 0 Å². The van der Waals surface area contributed by atoms with Crippen molar-refractivity contribution < 1.29 is 4.79 Å². The molecule has 6 heteroatoms. The molecule has 1 N–H and O–H groups in total. The molecule has 28 heavy (non-hydrogen) atoms. The van der Waals surface area contributed by atoms with E-state index in [1.807, 2.05) is 66.7 Å². The van der Waals surface area contributed by atoms with Crippen LogP contribution in [0.25, 0.3) is 22.6 Å². The lowest BCUT2D eigenvalue weighted by Gasteiger charge is -2.12. The zero-order valence-corrected chi connectivity index (χ0v) is 15.3. The first-order valence-corrected chi connectivity index (χ1v) is 8.91. The molecule has 4 aromatic rings. The van der Waals surface area contributed by atoms with Crippen LogP contribution in [0.1, 0.15) is 0 Å². The molecular formula is C22H19N4O2+. The quantitative estimate of drug-likeness (QED) is 0.559. The predicted molar refractivity (Wildman–Crippen MR) is 109 cm³/mol. The van der Waals surface area contributed by atoms with Crippen molar-refractivity contribution in [3.63, 3.8) is 0 Å². The Bertz CT molecular complexity index is 1140. The van der Waals surface area contributed by atoms with Gasteiger partial charge in [0.25, 0.3) is 0 Å². The van der Waals surface area contributed by atoms with Crippen molar-refractivity contribution in [3.8, 4) is 22.6 Å². The minimum Gasteiger partial charge on any atom is -0.261 e. The van der Waals surface area contributed by atoms with Crippen molar-refractivity contribution >= 4 is 0 Å². The van der Waals surface area contributed by atoms with E-state index < -0.39 is 11.2 Å². The Kier molecular flexibility index (Phi) is 4.60. The van der Waals surface area contributed by atoms with Gasteiger partial charge in [-0.15, -0.1) is 0 Å². The lowest BCUT2D eigenvalue weighted by Crippen LogP contribution is -2.64. The van der Waals surface area contributed by atoms with Gasteiger partial charge in [-0.05, 0) is 41.1 Å². The van der Waals surface area contributed by atoms with Crippen LogP contribution in [0.5, 0.6) is 0 Å². The Hall–Kier alpha value is -3.93. The van der Waals surface area contributed by atoms with Crippen LogP contribution < -0.4 is 21.5 Å². The van der Waals surface area contributed by atoms with Gasteiger partial charge >= 0.3 is 16.9 Å². The van der Waals surface area contributed by atoms with Crippen LogP contribution >= 0.6 is 0 Å². The van der Waals surface area contributed by atoms with Crippen LogP contribution in [-0.2, 0) is 0 Å². The van der Waals surface area contributed by atoms with Gasteiger partial charge in [-0.3, -0.25) is 4.79 Å². The first-order valence-electron chi connectivity index (χ1n) is 8.91. The number of rotatable bonds is 4. The SMILES string of the molecule is CN[n+]1c(-c2ccccc2)c(=O)n(-c2ccccc2)c(=O)n1-c1ccccc1. The molecule has 0 radical (unpaired) electrons. The summed E-state index contributed by atoms with van der Waals surface area (Å²) in [6, 6.07) is 27.5. The zero-order valence-electron chi connectivity index (χ0n) is 15.3. The van der Waals surface area contributed by atoms with Crippen LogP contribution in [0.4, 0.5) is 0 Å². The normalized spacial score (nSPS) is 10.6. The molecule has 0 spiro atoms. The number of hydrogen-bond donors (Lipinski definition) is 1. The second-order valence-corrected chi connectivity index (χ2v) is 6.16. The molecule has 0 bridgehead atoms. The van der Waals surface area contributed by atoms with Gasteiger partial charge in [0.2, 0.25) is 0 Å². The van der Waals surface area contributed by atoms with Crippen LogP contribution in [0.2, 0.25) is 0 Å². The van der Waals surface area contributed by atoms with E-state index in [4.69, 9.17) is 0 Å². The highest BCUT2D eigenvalue weighted by Gasteiger charge is 2.29. The van der Waals surface area contributed by atoms with Crippen molar-refractivity contribution in [2.24, 2.45) is 0 Å². The first kappa shape index (κ1) is 17.5. The summed E-state index contributed by atoms with van der Waals surface area (Å²) in [7, 11) is 1.68. The van der Waals surface area contributed by atoms with E-state index in [-0.39, 0.29) is 0 Å². The summed E-state index contributed by atoms with van der Waals surface area (Å²) >= 11 is 0. The maximum Gasteiger partial charge on any atom is 0.392 e. The zero-order chi connectivity index (χ0) is 19.5. The van der Waals surface area contributed by atoms with E-state index in [9.17, 15) is 9.59 Å². The average Bonchev–Trinajstić information content (AvgIpc) is 2.75. The lowest BCUT2D eigenvalue weighted by atomic mass is 10.1. The summed E-state index contributed by atoms with van der Waals surface area (Å²) in [4.78, 5) is 28.4. The fraction of sp³-hybridized carbons (Fsp3) is 0.0455. The Morgan fingerprint density at radius 1 is 0.714 bits per heavy atom. The van der Waals surface area contributed by atoms with Crippen molar-refractivity contribution in [2.45, 2.75) is 0 Å². The summed E-state index contributed by atoms with van der Waals surface area (Å²) in [6.45, 7) is 0. The van der Waals surface area contributed by atoms with E-state index in [1.165, 1.54) is 14.0 Å². The van der Waals surface area contributed by atoms with Crippen LogP contribution in [0.3, 0.4) is 0 Å². The van der Waals surface area contributed by atoms with E-state index in [2.05, 4.69) is 5.43 Å². The molecule has 0 aliphatic heterocycles. The molecule has 0 unspecified atom stereocenters. The number of hydrogen-bond acceptors (Lipinski definition) is 3. The molecule has 0 saturated carbocycles. The topological polar surface area (TPSA) is 59.9 Å². The third kappa shape index (κ3) is 2.91. The fourth-order valence-corrected chi connectivity index (χ4v) is 3.22. The van der Waals surface area contributed by atoms with Gasteiger partial charge in [0.15, 0.2) is 0 Å². The van der Waals surface area contributed by atoms with Crippen molar-refractivity contribution in [3.05, 3.63) is 112 Å². The molecule has 6 nitrogen and oxygen atoms in total. The highest BCUT2D eigenvalue weighted by molar-refractivity contribution is 5.55. The number of nitrogens with one attached hydrogen (secondary N) is 1. The van der Waals surface area contributed by atoms with Crippen molar-refractivity contribution in [1.82, 2.24) is 9.25 Å². The van der Waals surface area contributed by atoms with Gasteiger partial charge in [-0.2, -0.15) is 5.43 Å². The lowest BCUT2D eigenvalue weighted by molar-refractivity contribution is -0.719. The Labute approximate surface area is 161 Å². The summed E-state index contributed by atoms with van der Waals surface area (Å²) < 4.78 is 2.65. The number of para-hydroxylation sites is 2. The van der Waals surface area contributed by atoms with E-state index in [0.717, 1.165) is 0 Å². The summed E-state index contributed by atoms with van der Waals surface area (Å²) in [5.41, 5.74) is 4.35. The Balaban J connectivity index is 2.18. The first-order chi connectivity index (χ1) is 13.7. The third-order valence-electron chi connectivity index (χ3n) is 4.46. The number of benzene rings is 3. The largest absolute Gasteiger partial charge is 0.392 e. The molecule has 0 saturated heterocycles. The van der Waals surface area contributed by atoms with Gasteiger partial charge in [0, 0.05) is 4.79 Å².